The van der Waals surface area contributed by atoms with Gasteiger partial charge >= 0.3 is 0 Å². The molecule has 0 aromatic carbocycles. The molecular formula is C9H20N4O2. The Morgan fingerprint density at radius 3 is 1.80 bits per heavy atom. The van der Waals surface area contributed by atoms with Crippen molar-refractivity contribution in [3.05, 3.63) is 0 Å². The second kappa shape index (κ2) is 6.36. The lowest BCUT2D eigenvalue weighted by Gasteiger charge is -2.18. The van der Waals surface area contributed by atoms with E-state index in [0.717, 1.165) is 0 Å². The molecule has 0 saturated heterocycles. The Labute approximate surface area is 89.9 Å². The topological polar surface area (TPSA) is 96.2 Å². The van der Waals surface area contributed by atoms with E-state index in [0.29, 0.717) is 0 Å². The van der Waals surface area contributed by atoms with E-state index < -0.39 is 12.1 Å². The highest BCUT2D eigenvalue weighted by atomic mass is 16.2. The van der Waals surface area contributed by atoms with E-state index in [9.17, 15) is 9.59 Å². The fourth-order valence-electron chi connectivity index (χ4n) is 0.889. The van der Waals surface area contributed by atoms with Crippen LogP contribution in [0.4, 0.5) is 0 Å². The number of nitrogens with one attached hydrogen (secondary N) is 3. The highest BCUT2D eigenvalue weighted by molar-refractivity contribution is 5.89. The molecule has 0 aromatic rings. The van der Waals surface area contributed by atoms with Gasteiger partial charge < -0.3 is 10.6 Å². The fourth-order valence-corrected chi connectivity index (χ4v) is 0.889. The minimum atomic E-state index is -0.560. The smallest absolute Gasteiger partial charge is 0.242 e. The standard InChI is InChI=1S/C9H20N4O2/c1-5(2)11-8(14)6(3)12-9(15)7(4)13-10/h5-7,13H,10H2,1-4H3,(H,11,14)(H,12,15)/t6-,7-/m0/s1. The monoisotopic (exact) mass is 216 g/mol. The van der Waals surface area contributed by atoms with E-state index >= 15 is 0 Å². The minimum absolute atomic E-state index is 0.0573. The van der Waals surface area contributed by atoms with Gasteiger partial charge in [-0.05, 0) is 27.7 Å². The second-order valence-electron chi connectivity index (χ2n) is 3.78. The van der Waals surface area contributed by atoms with Gasteiger partial charge in [-0.25, -0.2) is 5.43 Å². The lowest BCUT2D eigenvalue weighted by molar-refractivity contribution is -0.129. The average molecular weight is 216 g/mol. The van der Waals surface area contributed by atoms with Crippen molar-refractivity contribution in [2.24, 2.45) is 5.84 Å². The summed E-state index contributed by atoms with van der Waals surface area (Å²) in [6.07, 6.45) is 0. The first-order valence-corrected chi connectivity index (χ1v) is 4.95. The van der Waals surface area contributed by atoms with Gasteiger partial charge in [-0.3, -0.25) is 15.4 Å². The zero-order chi connectivity index (χ0) is 12.0. The van der Waals surface area contributed by atoms with E-state index in [1.54, 1.807) is 13.8 Å². The Kier molecular flexibility index (Phi) is 5.88. The van der Waals surface area contributed by atoms with E-state index in [4.69, 9.17) is 5.84 Å². The summed E-state index contributed by atoms with van der Waals surface area (Å²) in [5.74, 6) is 4.59. The van der Waals surface area contributed by atoms with E-state index in [1.807, 2.05) is 13.8 Å². The van der Waals surface area contributed by atoms with Gasteiger partial charge in [0.25, 0.3) is 0 Å². The molecule has 0 heterocycles. The van der Waals surface area contributed by atoms with Crippen LogP contribution in [0.2, 0.25) is 0 Å². The third-order valence-electron chi connectivity index (χ3n) is 1.83. The summed E-state index contributed by atoms with van der Waals surface area (Å²) in [6.45, 7) is 6.95. The molecule has 0 aromatic heterocycles. The molecule has 0 saturated carbocycles. The molecule has 0 unspecified atom stereocenters. The van der Waals surface area contributed by atoms with Gasteiger partial charge in [0.2, 0.25) is 11.8 Å². The Balaban J connectivity index is 4.07. The maximum Gasteiger partial charge on any atom is 0.242 e. The first-order chi connectivity index (χ1) is 6.88. The summed E-state index contributed by atoms with van der Waals surface area (Å²) in [4.78, 5) is 22.8. The molecule has 6 heteroatoms. The Bertz CT molecular complexity index is 230. The van der Waals surface area contributed by atoms with Crippen molar-refractivity contribution < 1.29 is 9.59 Å². The zero-order valence-electron chi connectivity index (χ0n) is 9.63. The fraction of sp³-hybridized carbons (Fsp3) is 0.778. The van der Waals surface area contributed by atoms with Crippen LogP contribution in [0.1, 0.15) is 27.7 Å². The summed E-state index contributed by atoms with van der Waals surface area (Å²) >= 11 is 0. The molecule has 15 heavy (non-hydrogen) atoms. The summed E-state index contributed by atoms with van der Waals surface area (Å²) < 4.78 is 0. The predicted octanol–water partition coefficient (Wildman–Crippen LogP) is -1.13. The maximum absolute atomic E-state index is 11.4. The number of hydrazine groups is 1. The van der Waals surface area contributed by atoms with Crippen LogP contribution in [0.25, 0.3) is 0 Å². The van der Waals surface area contributed by atoms with Crippen LogP contribution in [0.3, 0.4) is 0 Å². The highest BCUT2D eigenvalue weighted by Crippen LogP contribution is 1.87. The average Bonchev–Trinajstić information content (AvgIpc) is 2.15. The number of hydrogen-bond acceptors (Lipinski definition) is 4. The van der Waals surface area contributed by atoms with Crippen molar-refractivity contribution in [3.63, 3.8) is 0 Å². The minimum Gasteiger partial charge on any atom is -0.352 e. The molecule has 2 amide bonds. The molecule has 88 valence electrons. The van der Waals surface area contributed by atoms with E-state index in [-0.39, 0.29) is 17.9 Å². The summed E-state index contributed by atoms with van der Waals surface area (Å²) in [6, 6.07) is -1.02. The van der Waals surface area contributed by atoms with Crippen LogP contribution >= 0.6 is 0 Å². The lowest BCUT2D eigenvalue weighted by Crippen LogP contribution is -2.52. The van der Waals surface area contributed by atoms with Crippen LogP contribution in [0.5, 0.6) is 0 Å². The number of carbonyl (C=O) groups is 2. The van der Waals surface area contributed by atoms with Crippen molar-refractivity contribution in [2.75, 3.05) is 0 Å². The first-order valence-electron chi connectivity index (χ1n) is 4.95. The van der Waals surface area contributed by atoms with Gasteiger partial charge in [0.15, 0.2) is 0 Å². The molecule has 6 nitrogen and oxygen atoms in total. The molecule has 0 rings (SSSR count). The number of amides is 2. The normalized spacial score (nSPS) is 14.5. The largest absolute Gasteiger partial charge is 0.352 e. The highest BCUT2D eigenvalue weighted by Gasteiger charge is 2.18. The third-order valence-corrected chi connectivity index (χ3v) is 1.83. The van der Waals surface area contributed by atoms with Crippen LogP contribution in [-0.4, -0.2) is 29.9 Å². The van der Waals surface area contributed by atoms with E-state index in [2.05, 4.69) is 16.1 Å². The first kappa shape index (κ1) is 13.9. The van der Waals surface area contributed by atoms with Gasteiger partial charge in [-0.15, -0.1) is 0 Å². The van der Waals surface area contributed by atoms with Crippen molar-refractivity contribution in [1.82, 2.24) is 16.1 Å². The Morgan fingerprint density at radius 2 is 1.40 bits per heavy atom. The zero-order valence-corrected chi connectivity index (χ0v) is 9.63. The summed E-state index contributed by atoms with van der Waals surface area (Å²) in [5.41, 5.74) is 2.31. The summed E-state index contributed by atoms with van der Waals surface area (Å²) in [5, 5.41) is 5.24. The third kappa shape index (κ3) is 5.34. The molecule has 0 aliphatic heterocycles. The molecule has 0 radical (unpaired) electrons. The summed E-state index contributed by atoms with van der Waals surface area (Å²) in [7, 11) is 0. The second-order valence-corrected chi connectivity index (χ2v) is 3.78. The quantitative estimate of drug-likeness (QED) is 0.345. The van der Waals surface area contributed by atoms with Gasteiger partial charge in [-0.2, -0.15) is 0 Å². The van der Waals surface area contributed by atoms with Crippen molar-refractivity contribution in [2.45, 2.75) is 45.8 Å². The molecule has 0 aliphatic carbocycles. The molecule has 0 aliphatic rings. The molecule has 2 atom stereocenters. The van der Waals surface area contributed by atoms with Gasteiger partial charge in [-0.1, -0.05) is 0 Å². The Morgan fingerprint density at radius 1 is 0.933 bits per heavy atom. The van der Waals surface area contributed by atoms with E-state index in [1.165, 1.54) is 0 Å². The number of carbonyl (C=O) groups excluding carboxylic acids is 2. The van der Waals surface area contributed by atoms with Crippen LogP contribution in [0, 0.1) is 0 Å². The van der Waals surface area contributed by atoms with Crippen molar-refractivity contribution >= 4 is 11.8 Å². The Hall–Kier alpha value is -1.14. The number of nitrogens with two attached hydrogens (primary N) is 1. The molecule has 0 fully saturated rings. The van der Waals surface area contributed by atoms with Crippen molar-refractivity contribution in [3.8, 4) is 0 Å². The SMILES string of the molecule is CC(C)NC(=O)[C@H](C)NC(=O)[C@H](C)NN. The lowest BCUT2D eigenvalue weighted by atomic mass is 10.2. The number of hydrogen-bond donors (Lipinski definition) is 4. The molecular weight excluding hydrogens is 196 g/mol. The number of rotatable bonds is 5. The van der Waals surface area contributed by atoms with Gasteiger partial charge in [0.05, 0.1) is 6.04 Å². The van der Waals surface area contributed by atoms with Crippen LogP contribution < -0.4 is 21.9 Å². The van der Waals surface area contributed by atoms with Crippen LogP contribution in [-0.2, 0) is 9.59 Å². The molecule has 0 spiro atoms. The maximum atomic E-state index is 11.4. The van der Waals surface area contributed by atoms with Crippen molar-refractivity contribution in [1.29, 1.82) is 0 Å². The van der Waals surface area contributed by atoms with Crippen LogP contribution in [0.15, 0.2) is 0 Å². The van der Waals surface area contributed by atoms with Gasteiger partial charge in [0, 0.05) is 6.04 Å². The molecule has 5 N–H and O–H groups in total. The molecule has 0 bridgehead atoms. The van der Waals surface area contributed by atoms with Gasteiger partial charge in [0.1, 0.15) is 6.04 Å². The predicted molar refractivity (Wildman–Crippen MR) is 57.7 cm³/mol.